The van der Waals surface area contributed by atoms with Gasteiger partial charge in [0.25, 0.3) is 5.91 Å². The van der Waals surface area contributed by atoms with Crippen LogP contribution in [0.2, 0.25) is 0 Å². The topological polar surface area (TPSA) is 104 Å². The third-order valence-electron chi connectivity index (χ3n) is 3.46. The lowest BCUT2D eigenvalue weighted by Gasteiger charge is -2.08. The van der Waals surface area contributed by atoms with Crippen LogP contribution in [0.4, 0.5) is 5.69 Å². The van der Waals surface area contributed by atoms with Crippen LogP contribution in [0.25, 0.3) is 11.0 Å². The second-order valence-corrected chi connectivity index (χ2v) is 6.01. The number of ether oxygens (including phenoxy) is 1. The minimum Gasteiger partial charge on any atom is -0.452 e. The van der Waals surface area contributed by atoms with Crippen molar-refractivity contribution in [2.24, 2.45) is 0 Å². The monoisotopic (exact) mass is 357 g/mol. The van der Waals surface area contributed by atoms with E-state index in [0.717, 1.165) is 4.90 Å². The molecule has 0 saturated carbocycles. The summed E-state index contributed by atoms with van der Waals surface area (Å²) in [5.74, 6) is -1.02. The summed E-state index contributed by atoms with van der Waals surface area (Å²) in [4.78, 5) is 41.3. The first-order valence-electron chi connectivity index (χ1n) is 7.39. The van der Waals surface area contributed by atoms with Crippen LogP contribution in [0.15, 0.2) is 52.2 Å². The van der Waals surface area contributed by atoms with Crippen molar-refractivity contribution >= 4 is 40.4 Å². The fourth-order valence-electron chi connectivity index (χ4n) is 2.33. The first kappa shape index (κ1) is 16.8. The fraction of sp³-hybridized carbons (Fsp3) is 0.118. The van der Waals surface area contributed by atoms with E-state index in [4.69, 9.17) is 4.74 Å². The van der Waals surface area contributed by atoms with Crippen molar-refractivity contribution in [1.82, 2.24) is 9.97 Å². The lowest BCUT2D eigenvalue weighted by molar-refractivity contribution is -0.119. The molecule has 3 rings (SSSR count). The minimum absolute atomic E-state index is 0.320. The molecule has 0 aliphatic rings. The SMILES string of the molecule is CSc1ccccc1C(=O)OCC(=O)Nc1ccc2[nH]c(=O)[nH]c2c1. The van der Waals surface area contributed by atoms with Gasteiger partial charge in [-0.25, -0.2) is 9.59 Å². The van der Waals surface area contributed by atoms with Crippen molar-refractivity contribution in [3.63, 3.8) is 0 Å². The molecule has 2 aromatic carbocycles. The van der Waals surface area contributed by atoms with Gasteiger partial charge in [-0.15, -0.1) is 11.8 Å². The number of carbonyl (C=O) groups excluding carboxylic acids is 2. The normalized spacial score (nSPS) is 10.6. The van der Waals surface area contributed by atoms with E-state index in [9.17, 15) is 14.4 Å². The smallest absolute Gasteiger partial charge is 0.339 e. The third-order valence-corrected chi connectivity index (χ3v) is 4.26. The number of fused-ring (bicyclic) bond motifs is 1. The Bertz CT molecular complexity index is 993. The maximum atomic E-state index is 12.1. The van der Waals surface area contributed by atoms with Crippen LogP contribution in [-0.4, -0.2) is 34.7 Å². The number of H-pyrrole nitrogens is 2. The number of imidazole rings is 1. The number of rotatable bonds is 5. The van der Waals surface area contributed by atoms with E-state index in [0.29, 0.717) is 22.3 Å². The van der Waals surface area contributed by atoms with Gasteiger partial charge in [0.1, 0.15) is 0 Å². The van der Waals surface area contributed by atoms with Gasteiger partial charge in [0, 0.05) is 10.6 Å². The van der Waals surface area contributed by atoms with Gasteiger partial charge >= 0.3 is 11.7 Å². The Kier molecular flexibility index (Phi) is 4.90. The lowest BCUT2D eigenvalue weighted by Crippen LogP contribution is -2.21. The molecule has 128 valence electrons. The Balaban J connectivity index is 1.62. The molecule has 3 N–H and O–H groups in total. The summed E-state index contributed by atoms with van der Waals surface area (Å²) in [6.07, 6.45) is 1.86. The van der Waals surface area contributed by atoms with Crippen LogP contribution in [0.3, 0.4) is 0 Å². The number of thioether (sulfide) groups is 1. The molecule has 7 nitrogen and oxygen atoms in total. The molecule has 0 bridgehead atoms. The van der Waals surface area contributed by atoms with Crippen LogP contribution in [0.1, 0.15) is 10.4 Å². The molecule has 1 amide bonds. The van der Waals surface area contributed by atoms with Crippen molar-refractivity contribution < 1.29 is 14.3 Å². The van der Waals surface area contributed by atoms with Crippen LogP contribution < -0.4 is 11.0 Å². The Morgan fingerprint density at radius 2 is 1.88 bits per heavy atom. The highest BCUT2D eigenvalue weighted by Gasteiger charge is 2.14. The van der Waals surface area contributed by atoms with Crippen LogP contribution in [0.5, 0.6) is 0 Å². The standard InChI is InChI=1S/C17H15N3O4S/c1-25-14-5-3-2-4-11(14)16(22)24-9-15(21)18-10-6-7-12-13(8-10)20-17(23)19-12/h2-8H,9H2,1H3,(H,18,21)(H2,19,20,23). The molecule has 1 heterocycles. The number of benzene rings is 2. The molecule has 8 heteroatoms. The Hall–Kier alpha value is -3.00. The predicted octanol–water partition coefficient (Wildman–Crippen LogP) is 2.37. The number of aromatic amines is 2. The van der Waals surface area contributed by atoms with E-state index in [-0.39, 0.29) is 5.69 Å². The lowest BCUT2D eigenvalue weighted by atomic mass is 10.2. The van der Waals surface area contributed by atoms with E-state index >= 15 is 0 Å². The van der Waals surface area contributed by atoms with E-state index < -0.39 is 18.5 Å². The molecule has 1 aromatic heterocycles. The summed E-state index contributed by atoms with van der Waals surface area (Å²) in [5, 5.41) is 2.62. The predicted molar refractivity (Wildman–Crippen MR) is 96.1 cm³/mol. The highest BCUT2D eigenvalue weighted by atomic mass is 32.2. The van der Waals surface area contributed by atoms with Gasteiger partial charge < -0.3 is 20.0 Å². The zero-order valence-corrected chi connectivity index (χ0v) is 14.1. The number of aromatic nitrogens is 2. The Morgan fingerprint density at radius 3 is 2.68 bits per heavy atom. The van der Waals surface area contributed by atoms with Gasteiger partial charge in [-0.1, -0.05) is 12.1 Å². The zero-order valence-electron chi connectivity index (χ0n) is 13.3. The Morgan fingerprint density at radius 1 is 1.12 bits per heavy atom. The molecular formula is C17H15N3O4S. The number of anilines is 1. The maximum Gasteiger partial charge on any atom is 0.339 e. The molecule has 0 atom stereocenters. The summed E-state index contributed by atoms with van der Waals surface area (Å²) < 4.78 is 5.07. The number of hydrogen-bond donors (Lipinski definition) is 3. The fourth-order valence-corrected chi connectivity index (χ4v) is 2.92. The average molecular weight is 357 g/mol. The molecule has 0 unspecified atom stereocenters. The highest BCUT2D eigenvalue weighted by molar-refractivity contribution is 7.98. The molecule has 3 aromatic rings. The van der Waals surface area contributed by atoms with Crippen molar-refractivity contribution in [3.05, 3.63) is 58.5 Å². The van der Waals surface area contributed by atoms with E-state index in [1.54, 1.807) is 30.3 Å². The summed E-state index contributed by atoms with van der Waals surface area (Å²) in [6.45, 7) is -0.400. The largest absolute Gasteiger partial charge is 0.452 e. The van der Waals surface area contributed by atoms with E-state index in [1.165, 1.54) is 11.8 Å². The summed E-state index contributed by atoms with van der Waals surface area (Å²) in [6, 6.07) is 12.0. The van der Waals surface area contributed by atoms with Crippen molar-refractivity contribution in [2.75, 3.05) is 18.2 Å². The second kappa shape index (κ2) is 7.27. The number of amides is 1. The zero-order chi connectivity index (χ0) is 17.8. The van der Waals surface area contributed by atoms with Gasteiger partial charge in [0.2, 0.25) is 0 Å². The molecular weight excluding hydrogens is 342 g/mol. The van der Waals surface area contributed by atoms with Crippen molar-refractivity contribution in [3.8, 4) is 0 Å². The van der Waals surface area contributed by atoms with Crippen molar-refractivity contribution in [2.45, 2.75) is 4.90 Å². The summed E-state index contributed by atoms with van der Waals surface area (Å²) >= 11 is 1.43. The van der Waals surface area contributed by atoms with Crippen LogP contribution in [-0.2, 0) is 9.53 Å². The number of hydrogen-bond acceptors (Lipinski definition) is 5. The second-order valence-electron chi connectivity index (χ2n) is 5.16. The van der Waals surface area contributed by atoms with Gasteiger partial charge in [-0.3, -0.25) is 4.79 Å². The average Bonchev–Trinajstić information content (AvgIpc) is 2.99. The molecule has 0 spiro atoms. The Labute approximate surface area is 146 Å². The molecule has 0 saturated heterocycles. The molecule has 25 heavy (non-hydrogen) atoms. The van der Waals surface area contributed by atoms with Gasteiger partial charge in [0.05, 0.1) is 16.6 Å². The molecule has 0 fully saturated rings. The van der Waals surface area contributed by atoms with Crippen LogP contribution >= 0.6 is 11.8 Å². The van der Waals surface area contributed by atoms with Gasteiger partial charge in [0.15, 0.2) is 6.61 Å². The molecule has 0 radical (unpaired) electrons. The summed E-state index contributed by atoms with van der Waals surface area (Å²) in [5.41, 5.74) is 1.82. The first-order valence-corrected chi connectivity index (χ1v) is 8.61. The van der Waals surface area contributed by atoms with Gasteiger partial charge in [-0.05, 0) is 36.6 Å². The summed E-state index contributed by atoms with van der Waals surface area (Å²) in [7, 11) is 0. The quantitative estimate of drug-likeness (QED) is 0.480. The highest BCUT2D eigenvalue weighted by Crippen LogP contribution is 2.20. The van der Waals surface area contributed by atoms with Crippen molar-refractivity contribution in [1.29, 1.82) is 0 Å². The third kappa shape index (κ3) is 3.92. The van der Waals surface area contributed by atoms with Crippen LogP contribution in [0, 0.1) is 0 Å². The minimum atomic E-state index is -0.550. The number of esters is 1. The number of carbonyl (C=O) groups is 2. The van der Waals surface area contributed by atoms with E-state index in [1.807, 2.05) is 18.4 Å². The first-order chi connectivity index (χ1) is 12.1. The van der Waals surface area contributed by atoms with E-state index in [2.05, 4.69) is 15.3 Å². The molecule has 0 aliphatic carbocycles. The molecule has 0 aliphatic heterocycles. The number of nitrogens with one attached hydrogen (secondary N) is 3. The maximum absolute atomic E-state index is 12.1. The van der Waals surface area contributed by atoms with Gasteiger partial charge in [-0.2, -0.15) is 0 Å².